The van der Waals surface area contributed by atoms with Gasteiger partial charge in [0.15, 0.2) is 0 Å². The first-order valence-electron chi connectivity index (χ1n) is 6.32. The SMILES string of the molecule is NC1CC(=O)N(CCc2cc3ccccc3[nH]2)C1. The zero-order chi connectivity index (χ0) is 12.5. The van der Waals surface area contributed by atoms with Crippen molar-refractivity contribution in [3.8, 4) is 0 Å². The van der Waals surface area contributed by atoms with Gasteiger partial charge in [0.2, 0.25) is 5.91 Å². The van der Waals surface area contributed by atoms with Crippen LogP contribution >= 0.6 is 0 Å². The molecule has 0 radical (unpaired) electrons. The average Bonchev–Trinajstić information content (AvgIpc) is 2.89. The molecule has 2 heterocycles. The molecule has 1 aliphatic rings. The number of nitrogens with two attached hydrogens (primary N) is 1. The number of carbonyl (C=O) groups excluding carboxylic acids is 1. The summed E-state index contributed by atoms with van der Waals surface area (Å²) < 4.78 is 0. The summed E-state index contributed by atoms with van der Waals surface area (Å²) in [5, 5.41) is 1.22. The molecule has 18 heavy (non-hydrogen) atoms. The van der Waals surface area contributed by atoms with E-state index in [1.54, 1.807) is 0 Å². The maximum atomic E-state index is 11.6. The van der Waals surface area contributed by atoms with E-state index in [2.05, 4.69) is 23.2 Å². The van der Waals surface area contributed by atoms with Crippen LogP contribution in [0.5, 0.6) is 0 Å². The van der Waals surface area contributed by atoms with Crippen LogP contribution in [0.4, 0.5) is 0 Å². The van der Waals surface area contributed by atoms with Gasteiger partial charge in [-0.05, 0) is 17.5 Å². The van der Waals surface area contributed by atoms with E-state index >= 15 is 0 Å². The number of hydrogen-bond donors (Lipinski definition) is 2. The number of carbonyl (C=O) groups is 1. The van der Waals surface area contributed by atoms with Crippen LogP contribution in [0, 0.1) is 0 Å². The molecular weight excluding hydrogens is 226 g/mol. The predicted octanol–water partition coefficient (Wildman–Crippen LogP) is 1.27. The Morgan fingerprint density at radius 1 is 1.39 bits per heavy atom. The lowest BCUT2D eigenvalue weighted by atomic mass is 10.2. The number of H-pyrrole nitrogens is 1. The quantitative estimate of drug-likeness (QED) is 0.852. The molecule has 0 bridgehead atoms. The molecule has 1 aromatic carbocycles. The number of nitrogens with one attached hydrogen (secondary N) is 1. The normalized spacial score (nSPS) is 19.9. The number of rotatable bonds is 3. The van der Waals surface area contributed by atoms with Crippen molar-refractivity contribution in [2.24, 2.45) is 5.73 Å². The second kappa shape index (κ2) is 4.46. The standard InChI is InChI=1S/C14H17N3O/c15-11-8-14(18)17(9-11)6-5-12-7-10-3-1-2-4-13(10)16-12/h1-4,7,11,16H,5-6,8-9,15H2. The van der Waals surface area contributed by atoms with Crippen molar-refractivity contribution < 1.29 is 4.79 Å². The van der Waals surface area contributed by atoms with Crippen LogP contribution in [0.2, 0.25) is 0 Å². The minimum atomic E-state index is 0.0141. The molecule has 1 aromatic heterocycles. The van der Waals surface area contributed by atoms with Crippen LogP contribution in [-0.4, -0.2) is 34.9 Å². The molecule has 1 fully saturated rings. The summed E-state index contributed by atoms with van der Waals surface area (Å²) in [4.78, 5) is 16.8. The van der Waals surface area contributed by atoms with E-state index in [-0.39, 0.29) is 11.9 Å². The first-order chi connectivity index (χ1) is 8.72. The third-order valence-corrected chi connectivity index (χ3v) is 3.48. The van der Waals surface area contributed by atoms with E-state index in [1.165, 1.54) is 11.1 Å². The van der Waals surface area contributed by atoms with Crippen molar-refractivity contribution in [3.05, 3.63) is 36.0 Å². The topological polar surface area (TPSA) is 62.1 Å². The van der Waals surface area contributed by atoms with Gasteiger partial charge < -0.3 is 15.6 Å². The number of para-hydroxylation sites is 1. The van der Waals surface area contributed by atoms with Gasteiger partial charge in [0, 0.05) is 43.2 Å². The molecule has 1 amide bonds. The molecule has 4 nitrogen and oxygen atoms in total. The van der Waals surface area contributed by atoms with E-state index in [4.69, 9.17) is 5.73 Å². The zero-order valence-electron chi connectivity index (χ0n) is 10.2. The lowest BCUT2D eigenvalue weighted by Crippen LogP contribution is -2.30. The highest BCUT2D eigenvalue weighted by Crippen LogP contribution is 2.16. The van der Waals surface area contributed by atoms with E-state index in [1.807, 2.05) is 17.0 Å². The number of aromatic amines is 1. The second-order valence-electron chi connectivity index (χ2n) is 4.94. The number of benzene rings is 1. The minimum absolute atomic E-state index is 0.0141. The largest absolute Gasteiger partial charge is 0.358 e. The summed E-state index contributed by atoms with van der Waals surface area (Å²) in [5.41, 5.74) is 8.10. The fraction of sp³-hybridized carbons (Fsp3) is 0.357. The summed E-state index contributed by atoms with van der Waals surface area (Å²) in [5.74, 6) is 0.179. The van der Waals surface area contributed by atoms with E-state index < -0.39 is 0 Å². The van der Waals surface area contributed by atoms with Crippen LogP contribution in [0.3, 0.4) is 0 Å². The molecule has 1 unspecified atom stereocenters. The highest BCUT2D eigenvalue weighted by molar-refractivity contribution is 5.80. The first-order valence-corrected chi connectivity index (χ1v) is 6.32. The molecule has 0 saturated carbocycles. The molecule has 0 aliphatic carbocycles. The van der Waals surface area contributed by atoms with Crippen molar-refractivity contribution >= 4 is 16.8 Å². The number of hydrogen-bond acceptors (Lipinski definition) is 2. The highest BCUT2D eigenvalue weighted by Gasteiger charge is 2.26. The van der Waals surface area contributed by atoms with Crippen molar-refractivity contribution in [3.63, 3.8) is 0 Å². The van der Waals surface area contributed by atoms with Crippen LogP contribution in [0.15, 0.2) is 30.3 Å². The molecule has 4 heteroatoms. The molecule has 3 rings (SSSR count). The Labute approximate surface area is 106 Å². The molecule has 2 aromatic rings. The van der Waals surface area contributed by atoms with Gasteiger partial charge >= 0.3 is 0 Å². The van der Waals surface area contributed by atoms with Gasteiger partial charge in [-0.15, -0.1) is 0 Å². The molecule has 1 saturated heterocycles. The van der Waals surface area contributed by atoms with Crippen molar-refractivity contribution in [2.75, 3.05) is 13.1 Å². The highest BCUT2D eigenvalue weighted by atomic mass is 16.2. The Kier molecular flexibility index (Phi) is 2.80. The van der Waals surface area contributed by atoms with Crippen LogP contribution in [-0.2, 0) is 11.2 Å². The first kappa shape index (κ1) is 11.3. The van der Waals surface area contributed by atoms with Crippen molar-refractivity contribution in [1.82, 2.24) is 9.88 Å². The molecule has 1 aliphatic heterocycles. The van der Waals surface area contributed by atoms with Gasteiger partial charge in [0.1, 0.15) is 0 Å². The van der Waals surface area contributed by atoms with Gasteiger partial charge in [-0.25, -0.2) is 0 Å². The predicted molar refractivity (Wildman–Crippen MR) is 71.2 cm³/mol. The third-order valence-electron chi connectivity index (χ3n) is 3.48. The summed E-state index contributed by atoms with van der Waals surface area (Å²) in [6, 6.07) is 10.4. The number of aromatic nitrogens is 1. The Morgan fingerprint density at radius 2 is 2.22 bits per heavy atom. The zero-order valence-corrected chi connectivity index (χ0v) is 10.2. The summed E-state index contributed by atoms with van der Waals surface area (Å²) in [6.07, 6.45) is 1.35. The maximum Gasteiger partial charge on any atom is 0.224 e. The number of likely N-dealkylation sites (tertiary alicyclic amines) is 1. The fourth-order valence-electron chi connectivity index (χ4n) is 2.54. The number of fused-ring (bicyclic) bond motifs is 1. The smallest absolute Gasteiger partial charge is 0.224 e. The van der Waals surface area contributed by atoms with E-state index in [0.29, 0.717) is 13.0 Å². The van der Waals surface area contributed by atoms with Crippen molar-refractivity contribution in [1.29, 1.82) is 0 Å². The summed E-state index contributed by atoms with van der Waals surface area (Å²) in [7, 11) is 0. The van der Waals surface area contributed by atoms with Gasteiger partial charge in [0.25, 0.3) is 0 Å². The van der Waals surface area contributed by atoms with Gasteiger partial charge in [-0.2, -0.15) is 0 Å². The number of amides is 1. The molecule has 3 N–H and O–H groups in total. The van der Waals surface area contributed by atoms with Gasteiger partial charge in [-0.3, -0.25) is 4.79 Å². The monoisotopic (exact) mass is 243 g/mol. The molecule has 0 spiro atoms. The van der Waals surface area contributed by atoms with E-state index in [0.717, 1.165) is 18.5 Å². The van der Waals surface area contributed by atoms with Crippen LogP contribution in [0.1, 0.15) is 12.1 Å². The molecule has 94 valence electrons. The lowest BCUT2D eigenvalue weighted by molar-refractivity contribution is -0.127. The van der Waals surface area contributed by atoms with Crippen LogP contribution < -0.4 is 5.73 Å². The fourth-order valence-corrected chi connectivity index (χ4v) is 2.54. The van der Waals surface area contributed by atoms with Gasteiger partial charge in [0.05, 0.1) is 0 Å². The average molecular weight is 243 g/mol. The van der Waals surface area contributed by atoms with Crippen LogP contribution in [0.25, 0.3) is 10.9 Å². The summed E-state index contributed by atoms with van der Waals surface area (Å²) >= 11 is 0. The lowest BCUT2D eigenvalue weighted by Gasteiger charge is -2.14. The van der Waals surface area contributed by atoms with E-state index in [9.17, 15) is 4.79 Å². The minimum Gasteiger partial charge on any atom is -0.358 e. The van der Waals surface area contributed by atoms with Gasteiger partial charge in [-0.1, -0.05) is 18.2 Å². The maximum absolute atomic E-state index is 11.6. The van der Waals surface area contributed by atoms with Crippen molar-refractivity contribution in [2.45, 2.75) is 18.9 Å². The second-order valence-corrected chi connectivity index (χ2v) is 4.94. The number of nitrogens with zero attached hydrogens (tertiary/aromatic N) is 1. The molecular formula is C14H17N3O. The molecule has 1 atom stereocenters. The Hall–Kier alpha value is -1.81. The Balaban J connectivity index is 1.68. The third kappa shape index (κ3) is 2.11. The Bertz CT molecular complexity index is 542. The summed E-state index contributed by atoms with van der Waals surface area (Å²) in [6.45, 7) is 1.44. The Morgan fingerprint density at radius 3 is 2.94 bits per heavy atom.